The molecule has 1 saturated heterocycles. The first kappa shape index (κ1) is 12.3. The van der Waals surface area contributed by atoms with Crippen molar-refractivity contribution >= 4 is 12.4 Å². The molecule has 1 fully saturated rings. The second-order valence-electron chi connectivity index (χ2n) is 3.56. The summed E-state index contributed by atoms with van der Waals surface area (Å²) < 4.78 is 18.1. The van der Waals surface area contributed by atoms with Crippen LogP contribution in [-0.4, -0.2) is 19.2 Å². The molecule has 84 valence electrons. The molecule has 1 N–H and O–H groups in total. The van der Waals surface area contributed by atoms with Gasteiger partial charge in [-0.15, -0.1) is 12.4 Å². The molecule has 0 spiro atoms. The van der Waals surface area contributed by atoms with Crippen molar-refractivity contribution < 1.29 is 9.13 Å². The average molecular weight is 232 g/mol. The fraction of sp³-hybridized carbons (Fsp3) is 0.455. The number of ether oxygens (including phenoxy) is 1. The summed E-state index contributed by atoms with van der Waals surface area (Å²) in [6.45, 7) is 1.75. The zero-order chi connectivity index (χ0) is 9.80. The number of halogens is 2. The highest BCUT2D eigenvalue weighted by atomic mass is 35.5. The van der Waals surface area contributed by atoms with E-state index in [1.807, 2.05) is 0 Å². The summed E-state index contributed by atoms with van der Waals surface area (Å²) in [6.07, 6.45) is 2.39. The first-order chi connectivity index (χ1) is 6.84. The zero-order valence-electron chi connectivity index (χ0n) is 8.41. The Kier molecular flexibility index (Phi) is 4.85. The first-order valence-electron chi connectivity index (χ1n) is 4.96. The van der Waals surface area contributed by atoms with Gasteiger partial charge in [-0.2, -0.15) is 0 Å². The lowest BCUT2D eigenvalue weighted by atomic mass is 10.2. The Labute approximate surface area is 95.2 Å². The summed E-state index contributed by atoms with van der Waals surface area (Å²) in [5.74, 6) is 0.511. The highest BCUT2D eigenvalue weighted by molar-refractivity contribution is 5.85. The zero-order valence-corrected chi connectivity index (χ0v) is 9.23. The summed E-state index contributed by atoms with van der Waals surface area (Å²) in [4.78, 5) is 0. The van der Waals surface area contributed by atoms with Crippen LogP contribution >= 0.6 is 12.4 Å². The van der Waals surface area contributed by atoms with Crippen LogP contribution in [0.2, 0.25) is 0 Å². The second-order valence-corrected chi connectivity index (χ2v) is 3.56. The third kappa shape index (κ3) is 3.68. The van der Waals surface area contributed by atoms with Gasteiger partial charge in [0.2, 0.25) is 0 Å². The van der Waals surface area contributed by atoms with Gasteiger partial charge >= 0.3 is 0 Å². The van der Waals surface area contributed by atoms with E-state index in [1.165, 1.54) is 25.0 Å². The van der Waals surface area contributed by atoms with Gasteiger partial charge in [-0.3, -0.25) is 0 Å². The van der Waals surface area contributed by atoms with Crippen LogP contribution < -0.4 is 10.1 Å². The molecule has 0 aliphatic carbocycles. The van der Waals surface area contributed by atoms with Crippen molar-refractivity contribution in [1.29, 1.82) is 0 Å². The smallest absolute Gasteiger partial charge is 0.123 e. The standard InChI is InChI=1S/C11H14FNO.ClH/c12-9-3-5-11(6-4-9)14-8-10-2-1-7-13-10;/h3-6,10,13H,1-2,7-8H2;1H/t10-;/m0./s1. The average Bonchev–Trinajstić information content (AvgIpc) is 2.70. The third-order valence-corrected chi connectivity index (χ3v) is 2.43. The summed E-state index contributed by atoms with van der Waals surface area (Å²) in [5, 5.41) is 3.34. The van der Waals surface area contributed by atoms with E-state index in [4.69, 9.17) is 4.74 Å². The summed E-state index contributed by atoms with van der Waals surface area (Å²) >= 11 is 0. The maximum Gasteiger partial charge on any atom is 0.123 e. The molecule has 2 nitrogen and oxygen atoms in total. The number of hydrogen-bond acceptors (Lipinski definition) is 2. The normalized spacial score (nSPS) is 19.7. The van der Waals surface area contributed by atoms with Gasteiger partial charge in [-0.1, -0.05) is 0 Å². The lowest BCUT2D eigenvalue weighted by Crippen LogP contribution is -2.28. The van der Waals surface area contributed by atoms with Crippen molar-refractivity contribution in [1.82, 2.24) is 5.32 Å². The van der Waals surface area contributed by atoms with Crippen LogP contribution in [-0.2, 0) is 0 Å². The fourth-order valence-electron chi connectivity index (χ4n) is 1.63. The Morgan fingerprint density at radius 1 is 1.33 bits per heavy atom. The predicted molar refractivity (Wildman–Crippen MR) is 60.2 cm³/mol. The van der Waals surface area contributed by atoms with Gasteiger partial charge in [-0.25, -0.2) is 4.39 Å². The number of nitrogens with one attached hydrogen (secondary N) is 1. The Morgan fingerprint density at radius 2 is 2.07 bits per heavy atom. The molecule has 1 atom stereocenters. The summed E-state index contributed by atoms with van der Waals surface area (Å²) in [7, 11) is 0. The van der Waals surface area contributed by atoms with Crippen LogP contribution in [0.4, 0.5) is 4.39 Å². The summed E-state index contributed by atoms with van der Waals surface area (Å²) in [5.41, 5.74) is 0. The van der Waals surface area contributed by atoms with Crippen molar-refractivity contribution in [2.45, 2.75) is 18.9 Å². The predicted octanol–water partition coefficient (Wildman–Crippen LogP) is 2.38. The molecule has 1 aliphatic rings. The Bertz CT molecular complexity index is 285. The summed E-state index contributed by atoms with van der Waals surface area (Å²) in [6, 6.07) is 6.60. The lowest BCUT2D eigenvalue weighted by molar-refractivity contribution is 0.277. The van der Waals surface area contributed by atoms with Gasteiger partial charge in [0.05, 0.1) is 0 Å². The largest absolute Gasteiger partial charge is 0.492 e. The van der Waals surface area contributed by atoms with Crippen molar-refractivity contribution in [2.75, 3.05) is 13.2 Å². The lowest BCUT2D eigenvalue weighted by Gasteiger charge is -2.11. The highest BCUT2D eigenvalue weighted by Crippen LogP contribution is 2.13. The minimum atomic E-state index is -0.226. The molecule has 0 saturated carbocycles. The first-order valence-corrected chi connectivity index (χ1v) is 4.96. The highest BCUT2D eigenvalue weighted by Gasteiger charge is 2.14. The molecule has 1 aliphatic heterocycles. The monoisotopic (exact) mass is 231 g/mol. The van der Waals surface area contributed by atoms with Crippen LogP contribution in [0.25, 0.3) is 0 Å². The van der Waals surface area contributed by atoms with E-state index < -0.39 is 0 Å². The van der Waals surface area contributed by atoms with Crippen molar-refractivity contribution in [3.63, 3.8) is 0 Å². The molecule has 1 heterocycles. The van der Waals surface area contributed by atoms with Crippen LogP contribution in [0.3, 0.4) is 0 Å². The van der Waals surface area contributed by atoms with Gasteiger partial charge in [0, 0.05) is 6.04 Å². The Hall–Kier alpha value is -0.800. The van der Waals surface area contributed by atoms with Crippen molar-refractivity contribution in [3.05, 3.63) is 30.1 Å². The van der Waals surface area contributed by atoms with Crippen molar-refractivity contribution in [2.24, 2.45) is 0 Å². The molecular weight excluding hydrogens is 217 g/mol. The maximum atomic E-state index is 12.6. The minimum Gasteiger partial charge on any atom is -0.492 e. The van der Waals surface area contributed by atoms with Gasteiger partial charge < -0.3 is 10.1 Å². The van der Waals surface area contributed by atoms with Crippen LogP contribution in [0, 0.1) is 5.82 Å². The van der Waals surface area contributed by atoms with E-state index >= 15 is 0 Å². The van der Waals surface area contributed by atoms with E-state index in [0.29, 0.717) is 12.6 Å². The molecule has 1 aromatic rings. The van der Waals surface area contributed by atoms with Gasteiger partial charge in [-0.05, 0) is 43.7 Å². The molecule has 0 bridgehead atoms. The fourth-order valence-corrected chi connectivity index (χ4v) is 1.63. The van der Waals surface area contributed by atoms with Gasteiger partial charge in [0.25, 0.3) is 0 Å². The van der Waals surface area contributed by atoms with Crippen LogP contribution in [0.5, 0.6) is 5.75 Å². The quantitative estimate of drug-likeness (QED) is 0.863. The molecule has 0 amide bonds. The van der Waals surface area contributed by atoms with Crippen LogP contribution in [0.1, 0.15) is 12.8 Å². The van der Waals surface area contributed by atoms with E-state index in [0.717, 1.165) is 12.3 Å². The Morgan fingerprint density at radius 3 is 2.67 bits per heavy atom. The van der Waals surface area contributed by atoms with E-state index in [1.54, 1.807) is 12.1 Å². The molecular formula is C11H15ClFNO. The topological polar surface area (TPSA) is 21.3 Å². The van der Waals surface area contributed by atoms with Crippen LogP contribution in [0.15, 0.2) is 24.3 Å². The third-order valence-electron chi connectivity index (χ3n) is 2.43. The van der Waals surface area contributed by atoms with E-state index in [-0.39, 0.29) is 18.2 Å². The molecule has 2 rings (SSSR count). The minimum absolute atomic E-state index is 0. The maximum absolute atomic E-state index is 12.6. The molecule has 15 heavy (non-hydrogen) atoms. The van der Waals surface area contributed by atoms with Gasteiger partial charge in [0.15, 0.2) is 0 Å². The van der Waals surface area contributed by atoms with E-state index in [9.17, 15) is 4.39 Å². The second kappa shape index (κ2) is 5.93. The van der Waals surface area contributed by atoms with E-state index in [2.05, 4.69) is 5.32 Å². The van der Waals surface area contributed by atoms with Gasteiger partial charge in [0.1, 0.15) is 18.2 Å². The molecule has 0 unspecified atom stereocenters. The molecule has 4 heteroatoms. The van der Waals surface area contributed by atoms with Crippen molar-refractivity contribution in [3.8, 4) is 5.75 Å². The molecule has 1 aromatic carbocycles. The molecule has 0 aromatic heterocycles. The number of hydrogen-bond donors (Lipinski definition) is 1. The number of benzene rings is 1. The number of rotatable bonds is 3. The Balaban J connectivity index is 0.00000112. The molecule has 0 radical (unpaired) electrons. The SMILES string of the molecule is Cl.Fc1ccc(OC[C@@H]2CCCN2)cc1.